The van der Waals surface area contributed by atoms with Gasteiger partial charge in [0.25, 0.3) is 0 Å². The quantitative estimate of drug-likeness (QED) is 0.451. The molecule has 1 aliphatic rings. The van der Waals surface area contributed by atoms with E-state index in [1.54, 1.807) is 0 Å². The Morgan fingerprint density at radius 1 is 1.17 bits per heavy atom. The molecule has 1 amide bonds. The highest BCUT2D eigenvalue weighted by atomic mass is 16.1. The molecular weight excluding hydrogens is 288 g/mol. The minimum Gasteiger partial charge on any atom is -0.357 e. The molecule has 0 aromatic carbocycles. The first-order valence-corrected chi connectivity index (χ1v) is 9.18. The summed E-state index contributed by atoms with van der Waals surface area (Å²) in [7, 11) is 0. The zero-order valence-electron chi connectivity index (χ0n) is 15.7. The Morgan fingerprint density at radius 3 is 2.35 bits per heavy atom. The second-order valence-electron chi connectivity index (χ2n) is 7.55. The van der Waals surface area contributed by atoms with Crippen LogP contribution in [0.1, 0.15) is 66.7 Å². The average Bonchev–Trinajstić information content (AvgIpc) is 2.40. The van der Waals surface area contributed by atoms with Crippen LogP contribution in [-0.2, 0) is 4.79 Å². The molecule has 0 aromatic rings. The fourth-order valence-electron chi connectivity index (χ4n) is 3.25. The van der Waals surface area contributed by atoms with Crippen molar-refractivity contribution in [2.45, 2.75) is 72.8 Å². The predicted octanol–water partition coefficient (Wildman–Crippen LogP) is 2.67. The van der Waals surface area contributed by atoms with Crippen LogP contribution in [0.3, 0.4) is 0 Å². The third-order valence-electron chi connectivity index (χ3n) is 4.27. The Bertz CT molecular complexity index is 386. The smallest absolute Gasteiger partial charge is 0.221 e. The Kier molecular flexibility index (Phi) is 8.42. The first-order chi connectivity index (χ1) is 10.9. The van der Waals surface area contributed by atoms with Crippen LogP contribution in [0.15, 0.2) is 4.99 Å². The number of rotatable bonds is 9. The second-order valence-corrected chi connectivity index (χ2v) is 7.55. The van der Waals surface area contributed by atoms with E-state index in [2.05, 4.69) is 36.7 Å². The number of hydrogen-bond acceptors (Lipinski definition) is 2. The SMILES string of the molecule is CCNC(=NCC1(CC(C)C)CCC1)NCCC(=O)NC(C)C. The largest absolute Gasteiger partial charge is 0.357 e. The summed E-state index contributed by atoms with van der Waals surface area (Å²) in [6.07, 6.45) is 5.66. The lowest BCUT2D eigenvalue weighted by Gasteiger charge is -2.42. The van der Waals surface area contributed by atoms with Gasteiger partial charge in [0.2, 0.25) is 5.91 Å². The number of carbonyl (C=O) groups excluding carboxylic acids is 1. The van der Waals surface area contributed by atoms with Crippen LogP contribution in [0, 0.1) is 11.3 Å². The summed E-state index contributed by atoms with van der Waals surface area (Å²) in [5, 5.41) is 9.46. The van der Waals surface area contributed by atoms with Crippen molar-refractivity contribution in [1.82, 2.24) is 16.0 Å². The van der Waals surface area contributed by atoms with Gasteiger partial charge in [-0.2, -0.15) is 0 Å². The van der Waals surface area contributed by atoms with Crippen LogP contribution in [-0.4, -0.2) is 37.5 Å². The lowest BCUT2D eigenvalue weighted by atomic mass is 9.64. The van der Waals surface area contributed by atoms with Crippen molar-refractivity contribution in [3.8, 4) is 0 Å². The van der Waals surface area contributed by atoms with Crippen molar-refractivity contribution in [3.63, 3.8) is 0 Å². The molecular formula is C18H36N4O. The van der Waals surface area contributed by atoms with E-state index in [1.165, 1.54) is 25.7 Å². The number of guanidine groups is 1. The van der Waals surface area contributed by atoms with E-state index in [0.717, 1.165) is 25.0 Å². The first-order valence-electron chi connectivity index (χ1n) is 9.18. The average molecular weight is 325 g/mol. The van der Waals surface area contributed by atoms with Crippen LogP contribution in [0.5, 0.6) is 0 Å². The molecule has 1 fully saturated rings. The van der Waals surface area contributed by atoms with Crippen molar-refractivity contribution >= 4 is 11.9 Å². The molecule has 0 aliphatic heterocycles. The minimum atomic E-state index is 0.0821. The standard InChI is InChI=1S/C18H36N4O/c1-6-19-17(20-11-8-16(23)22-15(4)5)21-13-18(9-7-10-18)12-14(2)3/h14-15H,6-13H2,1-5H3,(H,22,23)(H2,19,20,21). The molecule has 1 aliphatic carbocycles. The van der Waals surface area contributed by atoms with E-state index >= 15 is 0 Å². The zero-order chi connectivity index (χ0) is 17.3. The van der Waals surface area contributed by atoms with Crippen LogP contribution in [0.25, 0.3) is 0 Å². The third kappa shape index (κ3) is 7.71. The highest BCUT2D eigenvalue weighted by Gasteiger charge is 2.37. The normalized spacial score (nSPS) is 17.1. The molecule has 0 aromatic heterocycles. The number of amides is 1. The summed E-state index contributed by atoms with van der Waals surface area (Å²) in [5.41, 5.74) is 0.408. The molecule has 0 unspecified atom stereocenters. The van der Waals surface area contributed by atoms with Gasteiger partial charge in [-0.25, -0.2) is 0 Å². The van der Waals surface area contributed by atoms with Crippen LogP contribution < -0.4 is 16.0 Å². The second kappa shape index (κ2) is 9.78. The van der Waals surface area contributed by atoms with Gasteiger partial charge in [0.05, 0.1) is 0 Å². The number of carbonyl (C=O) groups is 1. The van der Waals surface area contributed by atoms with Crippen LogP contribution in [0.4, 0.5) is 0 Å². The van der Waals surface area contributed by atoms with Gasteiger partial charge in [0, 0.05) is 32.1 Å². The molecule has 3 N–H and O–H groups in total. The van der Waals surface area contributed by atoms with Gasteiger partial charge in [-0.15, -0.1) is 0 Å². The molecule has 0 atom stereocenters. The molecule has 0 spiro atoms. The van der Waals surface area contributed by atoms with Crippen LogP contribution in [0.2, 0.25) is 0 Å². The van der Waals surface area contributed by atoms with E-state index in [-0.39, 0.29) is 11.9 Å². The maximum absolute atomic E-state index is 11.7. The molecule has 0 heterocycles. The molecule has 1 saturated carbocycles. The van der Waals surface area contributed by atoms with Gasteiger partial charge in [0.1, 0.15) is 0 Å². The maximum Gasteiger partial charge on any atom is 0.221 e. The van der Waals surface area contributed by atoms with Crippen molar-refractivity contribution < 1.29 is 4.79 Å². The molecule has 5 nitrogen and oxygen atoms in total. The molecule has 1 rings (SSSR count). The Morgan fingerprint density at radius 2 is 1.87 bits per heavy atom. The van der Waals surface area contributed by atoms with Gasteiger partial charge in [-0.1, -0.05) is 20.3 Å². The highest BCUT2D eigenvalue weighted by Crippen LogP contribution is 2.46. The van der Waals surface area contributed by atoms with Crippen molar-refractivity contribution in [1.29, 1.82) is 0 Å². The molecule has 23 heavy (non-hydrogen) atoms. The summed E-state index contributed by atoms with van der Waals surface area (Å²) in [6, 6.07) is 0.193. The number of aliphatic imine (C=N–C) groups is 1. The number of nitrogens with one attached hydrogen (secondary N) is 3. The van der Waals surface area contributed by atoms with Gasteiger partial charge >= 0.3 is 0 Å². The topological polar surface area (TPSA) is 65.5 Å². The third-order valence-corrected chi connectivity index (χ3v) is 4.27. The van der Waals surface area contributed by atoms with Gasteiger partial charge in [-0.05, 0) is 51.4 Å². The van der Waals surface area contributed by atoms with E-state index in [4.69, 9.17) is 4.99 Å². The predicted molar refractivity (Wildman–Crippen MR) is 97.6 cm³/mol. The van der Waals surface area contributed by atoms with E-state index in [0.29, 0.717) is 18.4 Å². The van der Waals surface area contributed by atoms with E-state index < -0.39 is 0 Å². The van der Waals surface area contributed by atoms with Gasteiger partial charge in [0.15, 0.2) is 5.96 Å². The van der Waals surface area contributed by atoms with Crippen molar-refractivity contribution in [2.75, 3.05) is 19.6 Å². The lowest BCUT2D eigenvalue weighted by Crippen LogP contribution is -2.42. The summed E-state index contributed by atoms with van der Waals surface area (Å²) in [6.45, 7) is 12.9. The molecule has 0 saturated heterocycles. The van der Waals surface area contributed by atoms with E-state index in [1.807, 2.05) is 13.8 Å². The monoisotopic (exact) mass is 324 g/mol. The zero-order valence-corrected chi connectivity index (χ0v) is 15.7. The Balaban J connectivity index is 2.45. The van der Waals surface area contributed by atoms with Crippen molar-refractivity contribution in [2.24, 2.45) is 16.3 Å². The minimum absolute atomic E-state index is 0.0821. The lowest BCUT2D eigenvalue weighted by molar-refractivity contribution is -0.121. The molecule has 0 radical (unpaired) electrons. The summed E-state index contributed by atoms with van der Waals surface area (Å²) >= 11 is 0. The Labute approximate surface area is 142 Å². The van der Waals surface area contributed by atoms with Crippen LogP contribution >= 0.6 is 0 Å². The molecule has 0 bridgehead atoms. The highest BCUT2D eigenvalue weighted by molar-refractivity contribution is 5.81. The van der Waals surface area contributed by atoms with Gasteiger partial charge < -0.3 is 16.0 Å². The molecule has 134 valence electrons. The maximum atomic E-state index is 11.7. The Hall–Kier alpha value is -1.26. The molecule has 5 heteroatoms. The summed E-state index contributed by atoms with van der Waals surface area (Å²) in [5.74, 6) is 1.64. The van der Waals surface area contributed by atoms with Crippen molar-refractivity contribution in [3.05, 3.63) is 0 Å². The number of hydrogen-bond donors (Lipinski definition) is 3. The fraction of sp³-hybridized carbons (Fsp3) is 0.889. The first kappa shape index (κ1) is 19.8. The number of nitrogens with zero attached hydrogens (tertiary/aromatic N) is 1. The van der Waals surface area contributed by atoms with E-state index in [9.17, 15) is 4.79 Å². The summed E-state index contributed by atoms with van der Waals surface area (Å²) in [4.78, 5) is 16.5. The fourth-order valence-corrected chi connectivity index (χ4v) is 3.25. The summed E-state index contributed by atoms with van der Waals surface area (Å²) < 4.78 is 0. The van der Waals surface area contributed by atoms with Gasteiger partial charge in [-0.3, -0.25) is 9.79 Å².